The van der Waals surface area contributed by atoms with Crippen LogP contribution in [0.4, 0.5) is 0 Å². The summed E-state index contributed by atoms with van der Waals surface area (Å²) in [7, 11) is -1.33. The van der Waals surface area contributed by atoms with Crippen molar-refractivity contribution in [1.29, 1.82) is 0 Å². The summed E-state index contributed by atoms with van der Waals surface area (Å²) in [4.78, 5) is 8.05. The van der Waals surface area contributed by atoms with Crippen molar-refractivity contribution in [2.24, 2.45) is 0 Å². The average molecular weight is 220 g/mol. The van der Waals surface area contributed by atoms with Crippen molar-refractivity contribution in [2.45, 2.75) is 11.7 Å². The van der Waals surface area contributed by atoms with E-state index in [1.807, 2.05) is 0 Å². The molecule has 0 amide bonds. The zero-order valence-corrected chi connectivity index (χ0v) is 8.57. The molecule has 1 N–H and O–H groups in total. The van der Waals surface area contributed by atoms with Gasteiger partial charge >= 0.3 is 0 Å². The van der Waals surface area contributed by atoms with Gasteiger partial charge in [-0.05, 0) is 0 Å². The van der Waals surface area contributed by atoms with E-state index in [1.54, 1.807) is 0 Å². The minimum Gasteiger partial charge on any atom is -0.505 e. The van der Waals surface area contributed by atoms with E-state index in [1.165, 1.54) is 17.8 Å². The summed E-state index contributed by atoms with van der Waals surface area (Å²) in [5.41, 5.74) is 0.881. The zero-order valence-electron chi connectivity index (χ0n) is 7.75. The first-order valence-corrected chi connectivity index (χ1v) is 5.56. The van der Waals surface area contributed by atoms with Crippen LogP contribution in [0, 0.1) is 12.3 Å². The molecule has 76 valence electrons. The molecule has 0 aliphatic carbocycles. The number of fused-ring (bicyclic) bond motifs is 1. The topological polar surface area (TPSA) is 63.1 Å². The molecule has 0 bridgehead atoms. The zero-order chi connectivity index (χ0) is 10.8. The maximum Gasteiger partial charge on any atom is 0.151 e. The SMILES string of the molecule is C#CCC1c2nccnc2C(O)=CS1=O. The first-order chi connectivity index (χ1) is 7.24. The predicted molar refractivity (Wildman–Crippen MR) is 57.0 cm³/mol. The number of aromatic nitrogens is 2. The number of rotatable bonds is 1. The molecule has 1 aliphatic heterocycles. The number of nitrogens with zero attached hydrogens (tertiary/aromatic N) is 2. The fourth-order valence-electron chi connectivity index (χ4n) is 1.43. The summed E-state index contributed by atoms with van der Waals surface area (Å²) in [6.07, 6.45) is 8.49. The number of terminal acetylenes is 1. The lowest BCUT2D eigenvalue weighted by Gasteiger charge is -2.18. The Labute approximate surface area is 89.5 Å². The van der Waals surface area contributed by atoms with Crippen LogP contribution in [0.2, 0.25) is 0 Å². The van der Waals surface area contributed by atoms with Crippen molar-refractivity contribution >= 4 is 16.6 Å². The van der Waals surface area contributed by atoms with Gasteiger partial charge in [0.25, 0.3) is 0 Å². The van der Waals surface area contributed by atoms with Gasteiger partial charge in [-0.15, -0.1) is 12.3 Å². The van der Waals surface area contributed by atoms with Gasteiger partial charge in [0.2, 0.25) is 0 Å². The van der Waals surface area contributed by atoms with E-state index in [9.17, 15) is 9.32 Å². The van der Waals surface area contributed by atoms with Crippen molar-refractivity contribution < 1.29 is 9.32 Å². The van der Waals surface area contributed by atoms with Gasteiger partial charge in [0, 0.05) is 24.2 Å². The Morgan fingerprint density at radius 1 is 1.53 bits per heavy atom. The first kappa shape index (κ1) is 9.87. The molecular formula is C10H8N2O2S. The summed E-state index contributed by atoms with van der Waals surface area (Å²) in [6.45, 7) is 0. The third kappa shape index (κ3) is 1.64. The normalized spacial score (nSPS) is 23.8. The Morgan fingerprint density at radius 2 is 2.27 bits per heavy atom. The molecule has 2 heterocycles. The second kappa shape index (κ2) is 3.83. The Balaban J connectivity index is 2.55. The molecule has 2 unspecified atom stereocenters. The molecule has 0 saturated heterocycles. The molecule has 4 nitrogen and oxygen atoms in total. The lowest BCUT2D eigenvalue weighted by Crippen LogP contribution is -2.15. The van der Waals surface area contributed by atoms with Crippen LogP contribution in [-0.4, -0.2) is 19.3 Å². The highest BCUT2D eigenvalue weighted by Crippen LogP contribution is 2.32. The third-order valence-corrected chi connectivity index (χ3v) is 3.49. The molecule has 5 heteroatoms. The van der Waals surface area contributed by atoms with Gasteiger partial charge in [0.15, 0.2) is 5.76 Å². The second-order valence-corrected chi connectivity index (χ2v) is 4.48. The lowest BCUT2D eigenvalue weighted by molar-refractivity contribution is 0.505. The minimum absolute atomic E-state index is 0.0929. The molecular weight excluding hydrogens is 212 g/mol. The largest absolute Gasteiger partial charge is 0.505 e. The van der Waals surface area contributed by atoms with Crippen molar-refractivity contribution in [3.05, 3.63) is 29.2 Å². The molecule has 15 heavy (non-hydrogen) atoms. The molecule has 0 radical (unpaired) electrons. The molecule has 2 atom stereocenters. The van der Waals surface area contributed by atoms with Gasteiger partial charge in [0.05, 0.1) is 21.7 Å². The van der Waals surface area contributed by atoms with E-state index < -0.39 is 10.8 Å². The molecule has 2 rings (SSSR count). The van der Waals surface area contributed by atoms with Gasteiger partial charge in [-0.3, -0.25) is 9.19 Å². The van der Waals surface area contributed by atoms with E-state index in [-0.39, 0.29) is 11.0 Å². The smallest absolute Gasteiger partial charge is 0.151 e. The molecule has 1 aliphatic rings. The summed E-state index contributed by atoms with van der Waals surface area (Å²) < 4.78 is 11.7. The highest BCUT2D eigenvalue weighted by Gasteiger charge is 2.28. The van der Waals surface area contributed by atoms with Crippen molar-refractivity contribution in [3.8, 4) is 12.3 Å². The average Bonchev–Trinajstić information content (AvgIpc) is 2.24. The van der Waals surface area contributed by atoms with Gasteiger partial charge in [-0.2, -0.15) is 0 Å². The number of aliphatic hydroxyl groups excluding tert-OH is 1. The highest BCUT2D eigenvalue weighted by molar-refractivity contribution is 7.88. The van der Waals surface area contributed by atoms with E-state index >= 15 is 0 Å². The van der Waals surface area contributed by atoms with Crippen LogP contribution in [0.1, 0.15) is 23.1 Å². The molecule has 0 fully saturated rings. The number of aliphatic hydroxyl groups is 1. The molecule has 0 spiro atoms. The fraction of sp³-hybridized carbons (Fsp3) is 0.200. The maximum absolute atomic E-state index is 11.7. The maximum atomic E-state index is 11.7. The lowest BCUT2D eigenvalue weighted by atomic mass is 10.1. The third-order valence-electron chi connectivity index (χ3n) is 2.09. The van der Waals surface area contributed by atoms with Crippen LogP contribution in [0.15, 0.2) is 17.8 Å². The first-order valence-electron chi connectivity index (χ1n) is 4.29. The summed E-state index contributed by atoms with van der Waals surface area (Å²) in [5, 5.41) is 10.4. The van der Waals surface area contributed by atoms with E-state index in [4.69, 9.17) is 6.42 Å². The van der Waals surface area contributed by atoms with Crippen LogP contribution in [-0.2, 0) is 10.8 Å². The molecule has 1 aromatic rings. The fourth-order valence-corrected chi connectivity index (χ4v) is 2.57. The van der Waals surface area contributed by atoms with E-state index in [0.717, 1.165) is 0 Å². The van der Waals surface area contributed by atoms with E-state index in [2.05, 4.69) is 15.9 Å². The Hall–Kier alpha value is -1.67. The predicted octanol–water partition coefficient (Wildman–Crippen LogP) is 1.16. The van der Waals surface area contributed by atoms with Gasteiger partial charge < -0.3 is 5.11 Å². The van der Waals surface area contributed by atoms with Crippen LogP contribution in [0.25, 0.3) is 5.76 Å². The van der Waals surface area contributed by atoms with Crippen LogP contribution >= 0.6 is 0 Å². The second-order valence-electron chi connectivity index (χ2n) is 3.02. The van der Waals surface area contributed by atoms with Gasteiger partial charge in [-0.25, -0.2) is 4.98 Å². The molecule has 1 aromatic heterocycles. The van der Waals surface area contributed by atoms with Crippen molar-refractivity contribution in [2.75, 3.05) is 0 Å². The Kier molecular flexibility index (Phi) is 2.52. The summed E-state index contributed by atoms with van der Waals surface area (Å²) in [5.74, 6) is 2.36. The number of hydrogen-bond donors (Lipinski definition) is 1. The number of hydrogen-bond acceptors (Lipinski definition) is 4. The van der Waals surface area contributed by atoms with Crippen LogP contribution in [0.3, 0.4) is 0 Å². The van der Waals surface area contributed by atoms with Crippen molar-refractivity contribution in [3.63, 3.8) is 0 Å². The van der Waals surface area contributed by atoms with E-state index in [0.29, 0.717) is 17.8 Å². The van der Waals surface area contributed by atoms with Crippen LogP contribution < -0.4 is 0 Å². The van der Waals surface area contributed by atoms with Gasteiger partial charge in [-0.1, -0.05) is 0 Å². The van der Waals surface area contributed by atoms with Gasteiger partial charge in [0.1, 0.15) is 5.69 Å². The quantitative estimate of drug-likeness (QED) is 0.721. The summed E-state index contributed by atoms with van der Waals surface area (Å²) in [6, 6.07) is 0. The van der Waals surface area contributed by atoms with Crippen LogP contribution in [0.5, 0.6) is 0 Å². The molecule has 0 aromatic carbocycles. The monoisotopic (exact) mass is 220 g/mol. The summed E-state index contributed by atoms with van der Waals surface area (Å²) >= 11 is 0. The van der Waals surface area contributed by atoms with Crippen molar-refractivity contribution in [1.82, 2.24) is 9.97 Å². The highest BCUT2D eigenvalue weighted by atomic mass is 32.2. The standard InChI is InChI=1S/C10H8N2O2S/c1-2-3-8-10-9(11-4-5-12-10)7(13)6-15(8)14/h1,4-6,8,13H,3H2. The molecule has 0 saturated carbocycles. The Morgan fingerprint density at radius 3 is 3.00 bits per heavy atom. The minimum atomic E-state index is -1.33. The Bertz CT molecular complexity index is 490.